The summed E-state index contributed by atoms with van der Waals surface area (Å²) >= 11 is 0. The third-order valence-electron chi connectivity index (χ3n) is 3.43. The molecule has 0 aliphatic carbocycles. The Labute approximate surface area is 123 Å². The van der Waals surface area contributed by atoms with Gasteiger partial charge in [-0.1, -0.05) is 35.0 Å². The molecule has 0 aliphatic heterocycles. The molecular weight excluding hydrogens is 262 g/mol. The Morgan fingerprint density at radius 3 is 2.52 bits per heavy atom. The standard InChI is InChI=1S/C17H17N3O/c1-11-3-5-13(6-4-11)10-16-19-17(21-20-16)15-8-7-14(18)9-12(15)2/h3-9H,10,18H2,1-2H3. The lowest BCUT2D eigenvalue weighted by Gasteiger charge is -2.01. The Hall–Kier alpha value is -2.62. The number of rotatable bonds is 3. The first-order chi connectivity index (χ1) is 10.1. The third-order valence-corrected chi connectivity index (χ3v) is 3.43. The van der Waals surface area contributed by atoms with Crippen molar-refractivity contribution in [3.8, 4) is 11.5 Å². The van der Waals surface area contributed by atoms with Crippen LogP contribution < -0.4 is 5.73 Å². The predicted molar refractivity (Wildman–Crippen MR) is 82.9 cm³/mol. The molecule has 0 bridgehead atoms. The van der Waals surface area contributed by atoms with Gasteiger partial charge in [0, 0.05) is 17.7 Å². The van der Waals surface area contributed by atoms with Crippen molar-refractivity contribution >= 4 is 5.69 Å². The summed E-state index contributed by atoms with van der Waals surface area (Å²) in [6.45, 7) is 4.05. The number of aromatic nitrogens is 2. The molecule has 3 aromatic rings. The zero-order valence-electron chi connectivity index (χ0n) is 12.1. The minimum atomic E-state index is 0.537. The van der Waals surface area contributed by atoms with Gasteiger partial charge in [0.15, 0.2) is 5.82 Å². The van der Waals surface area contributed by atoms with Crippen LogP contribution in [0.2, 0.25) is 0 Å². The summed E-state index contributed by atoms with van der Waals surface area (Å²) < 4.78 is 5.37. The Kier molecular flexibility index (Phi) is 3.44. The predicted octanol–water partition coefficient (Wildman–Crippen LogP) is 3.53. The average Bonchev–Trinajstić information content (AvgIpc) is 2.90. The lowest BCUT2D eigenvalue weighted by Crippen LogP contribution is -1.92. The Balaban J connectivity index is 1.84. The van der Waals surface area contributed by atoms with Gasteiger partial charge in [-0.25, -0.2) is 0 Å². The molecule has 106 valence electrons. The first-order valence-electron chi connectivity index (χ1n) is 6.86. The van der Waals surface area contributed by atoms with Crippen LogP contribution in [0.4, 0.5) is 5.69 Å². The van der Waals surface area contributed by atoms with Crippen LogP contribution in [0.1, 0.15) is 22.5 Å². The quantitative estimate of drug-likeness (QED) is 0.745. The van der Waals surface area contributed by atoms with Crippen molar-refractivity contribution in [3.63, 3.8) is 0 Å². The number of nitrogens with two attached hydrogens (primary N) is 1. The monoisotopic (exact) mass is 279 g/mol. The van der Waals surface area contributed by atoms with E-state index >= 15 is 0 Å². The topological polar surface area (TPSA) is 64.9 Å². The Bertz CT molecular complexity index is 760. The van der Waals surface area contributed by atoms with Gasteiger partial charge in [0.2, 0.25) is 0 Å². The number of hydrogen-bond acceptors (Lipinski definition) is 4. The molecule has 0 radical (unpaired) electrons. The van der Waals surface area contributed by atoms with E-state index in [0.29, 0.717) is 18.1 Å². The van der Waals surface area contributed by atoms with E-state index in [-0.39, 0.29) is 0 Å². The van der Waals surface area contributed by atoms with E-state index in [0.717, 1.165) is 16.8 Å². The van der Waals surface area contributed by atoms with E-state index in [1.165, 1.54) is 11.1 Å². The van der Waals surface area contributed by atoms with Crippen molar-refractivity contribution in [2.24, 2.45) is 0 Å². The second-order valence-corrected chi connectivity index (χ2v) is 5.25. The summed E-state index contributed by atoms with van der Waals surface area (Å²) in [5.41, 5.74) is 10.9. The van der Waals surface area contributed by atoms with Crippen LogP contribution >= 0.6 is 0 Å². The van der Waals surface area contributed by atoms with Crippen LogP contribution in [0.15, 0.2) is 47.0 Å². The van der Waals surface area contributed by atoms with Crippen LogP contribution in [-0.2, 0) is 6.42 Å². The molecule has 3 rings (SSSR count). The molecule has 21 heavy (non-hydrogen) atoms. The lowest BCUT2D eigenvalue weighted by molar-refractivity contribution is 0.423. The molecule has 4 heteroatoms. The van der Waals surface area contributed by atoms with Crippen molar-refractivity contribution in [2.45, 2.75) is 20.3 Å². The summed E-state index contributed by atoms with van der Waals surface area (Å²) in [6.07, 6.45) is 0.664. The van der Waals surface area contributed by atoms with Gasteiger partial charge >= 0.3 is 0 Å². The van der Waals surface area contributed by atoms with Crippen molar-refractivity contribution in [1.29, 1.82) is 0 Å². The molecular formula is C17H17N3O. The summed E-state index contributed by atoms with van der Waals surface area (Å²) in [7, 11) is 0. The maximum absolute atomic E-state index is 5.76. The molecule has 0 saturated heterocycles. The maximum atomic E-state index is 5.76. The van der Waals surface area contributed by atoms with Gasteiger partial charge in [0.1, 0.15) is 0 Å². The fourth-order valence-electron chi connectivity index (χ4n) is 2.25. The molecule has 0 amide bonds. The van der Waals surface area contributed by atoms with Crippen LogP contribution in [-0.4, -0.2) is 10.1 Å². The summed E-state index contributed by atoms with van der Waals surface area (Å²) in [4.78, 5) is 4.47. The second-order valence-electron chi connectivity index (χ2n) is 5.25. The van der Waals surface area contributed by atoms with Gasteiger partial charge in [-0.2, -0.15) is 4.98 Å². The average molecular weight is 279 g/mol. The Morgan fingerprint density at radius 1 is 1.05 bits per heavy atom. The van der Waals surface area contributed by atoms with Crippen LogP contribution in [0.3, 0.4) is 0 Å². The van der Waals surface area contributed by atoms with E-state index < -0.39 is 0 Å². The highest BCUT2D eigenvalue weighted by Gasteiger charge is 2.11. The fraction of sp³-hybridized carbons (Fsp3) is 0.176. The number of anilines is 1. The molecule has 0 atom stereocenters. The number of nitrogens with zero attached hydrogens (tertiary/aromatic N) is 2. The number of nitrogen functional groups attached to an aromatic ring is 1. The first kappa shape index (κ1) is 13.4. The second kappa shape index (κ2) is 5.40. The highest BCUT2D eigenvalue weighted by Crippen LogP contribution is 2.23. The highest BCUT2D eigenvalue weighted by molar-refractivity contribution is 5.62. The summed E-state index contributed by atoms with van der Waals surface area (Å²) in [5, 5.41) is 4.06. The van der Waals surface area contributed by atoms with Crippen molar-refractivity contribution in [1.82, 2.24) is 10.1 Å². The van der Waals surface area contributed by atoms with Gasteiger partial charge in [-0.3, -0.25) is 0 Å². The van der Waals surface area contributed by atoms with Crippen LogP contribution in [0.5, 0.6) is 0 Å². The molecule has 0 saturated carbocycles. The van der Waals surface area contributed by atoms with Gasteiger partial charge < -0.3 is 10.3 Å². The van der Waals surface area contributed by atoms with E-state index in [4.69, 9.17) is 10.3 Å². The number of hydrogen-bond donors (Lipinski definition) is 1. The Morgan fingerprint density at radius 2 is 1.81 bits per heavy atom. The molecule has 0 fully saturated rings. The van der Waals surface area contributed by atoms with Gasteiger partial charge in [0.25, 0.3) is 5.89 Å². The van der Waals surface area contributed by atoms with E-state index in [2.05, 4.69) is 41.3 Å². The number of benzene rings is 2. The molecule has 0 spiro atoms. The van der Waals surface area contributed by atoms with Crippen molar-refractivity contribution in [2.75, 3.05) is 5.73 Å². The molecule has 1 aromatic heterocycles. The third kappa shape index (κ3) is 2.94. The summed E-state index contributed by atoms with van der Waals surface area (Å²) in [5.74, 6) is 1.22. The van der Waals surface area contributed by atoms with E-state index in [1.807, 2.05) is 25.1 Å². The zero-order valence-corrected chi connectivity index (χ0v) is 12.1. The fourth-order valence-corrected chi connectivity index (χ4v) is 2.25. The molecule has 1 heterocycles. The summed E-state index contributed by atoms with van der Waals surface area (Å²) in [6, 6.07) is 14.0. The zero-order chi connectivity index (χ0) is 14.8. The van der Waals surface area contributed by atoms with Crippen LogP contribution in [0, 0.1) is 13.8 Å². The SMILES string of the molecule is Cc1ccc(Cc2noc(-c3ccc(N)cc3C)n2)cc1. The maximum Gasteiger partial charge on any atom is 0.258 e. The molecule has 0 unspecified atom stereocenters. The van der Waals surface area contributed by atoms with Crippen molar-refractivity contribution in [3.05, 3.63) is 65.0 Å². The highest BCUT2D eigenvalue weighted by atomic mass is 16.5. The van der Waals surface area contributed by atoms with Crippen LogP contribution in [0.25, 0.3) is 11.5 Å². The minimum absolute atomic E-state index is 0.537. The minimum Gasteiger partial charge on any atom is -0.399 e. The van der Waals surface area contributed by atoms with Crippen molar-refractivity contribution < 1.29 is 4.52 Å². The molecule has 0 aliphatic rings. The van der Waals surface area contributed by atoms with Gasteiger partial charge in [-0.05, 0) is 43.2 Å². The molecule has 2 N–H and O–H groups in total. The van der Waals surface area contributed by atoms with E-state index in [9.17, 15) is 0 Å². The normalized spacial score (nSPS) is 10.8. The first-order valence-corrected chi connectivity index (χ1v) is 6.86. The van der Waals surface area contributed by atoms with E-state index in [1.54, 1.807) is 0 Å². The van der Waals surface area contributed by atoms with Gasteiger partial charge in [-0.15, -0.1) is 0 Å². The number of aryl methyl sites for hydroxylation is 2. The largest absolute Gasteiger partial charge is 0.399 e. The smallest absolute Gasteiger partial charge is 0.258 e. The van der Waals surface area contributed by atoms with Gasteiger partial charge in [0.05, 0.1) is 0 Å². The lowest BCUT2D eigenvalue weighted by atomic mass is 10.1. The molecule has 2 aromatic carbocycles. The molecule has 4 nitrogen and oxygen atoms in total.